The van der Waals surface area contributed by atoms with Crippen LogP contribution in [0.1, 0.15) is 12.5 Å². The first-order chi connectivity index (χ1) is 8.83. The summed E-state index contributed by atoms with van der Waals surface area (Å²) in [6.45, 7) is 2.57. The highest BCUT2D eigenvalue weighted by Gasteiger charge is 2.04. The van der Waals surface area contributed by atoms with Crippen LogP contribution in [-0.2, 0) is 5.88 Å². The van der Waals surface area contributed by atoms with Gasteiger partial charge in [-0.25, -0.2) is 0 Å². The second-order valence-corrected chi connectivity index (χ2v) is 3.89. The first kappa shape index (κ1) is 12.6. The molecule has 2 aromatic rings. The van der Waals surface area contributed by atoms with E-state index < -0.39 is 0 Å². The lowest BCUT2D eigenvalue weighted by Gasteiger charge is -2.11. The van der Waals surface area contributed by atoms with E-state index >= 15 is 0 Å². The van der Waals surface area contributed by atoms with Crippen LogP contribution in [0.3, 0.4) is 0 Å². The second-order valence-electron chi connectivity index (χ2n) is 3.62. The fourth-order valence-corrected chi connectivity index (χ4v) is 1.78. The van der Waals surface area contributed by atoms with Gasteiger partial charge in [-0.3, -0.25) is 0 Å². The number of rotatable bonds is 5. The highest BCUT2D eigenvalue weighted by molar-refractivity contribution is 6.17. The molecule has 0 aliphatic rings. The fraction of sp³-hybridized carbons (Fsp3) is 0.231. The molecule has 0 amide bonds. The number of benzene rings is 1. The Labute approximate surface area is 111 Å². The molecule has 0 atom stereocenters. The third kappa shape index (κ3) is 3.11. The molecule has 0 unspecified atom stereocenters. The van der Waals surface area contributed by atoms with E-state index in [4.69, 9.17) is 16.3 Å². The van der Waals surface area contributed by atoms with Crippen LogP contribution in [0.2, 0.25) is 0 Å². The summed E-state index contributed by atoms with van der Waals surface area (Å²) in [4.78, 5) is 0. The van der Waals surface area contributed by atoms with Gasteiger partial charge < -0.3 is 10.1 Å². The standard InChI is InChI=1S/C13H14ClN3O/c1-2-18-12-6-5-11(8-10(12)9-14)16-13-4-3-7-15-17-13/h3-8H,2,9H2,1H3,(H,16,17). The van der Waals surface area contributed by atoms with Crippen molar-refractivity contribution >= 4 is 23.1 Å². The Kier molecular flexibility index (Phi) is 4.36. The van der Waals surface area contributed by atoms with E-state index in [-0.39, 0.29) is 0 Å². The molecule has 2 rings (SSSR count). The van der Waals surface area contributed by atoms with E-state index in [0.717, 1.165) is 17.0 Å². The molecule has 0 spiro atoms. The number of nitrogens with zero attached hydrogens (tertiary/aromatic N) is 2. The summed E-state index contributed by atoms with van der Waals surface area (Å²) in [6.07, 6.45) is 1.63. The van der Waals surface area contributed by atoms with Crippen molar-refractivity contribution in [2.45, 2.75) is 12.8 Å². The van der Waals surface area contributed by atoms with Gasteiger partial charge in [-0.05, 0) is 37.3 Å². The average Bonchev–Trinajstić information content (AvgIpc) is 2.42. The number of anilines is 2. The number of alkyl halides is 1. The van der Waals surface area contributed by atoms with Crippen LogP contribution in [0.15, 0.2) is 36.5 Å². The molecular weight excluding hydrogens is 250 g/mol. The Balaban J connectivity index is 2.19. The molecular formula is C13H14ClN3O. The molecule has 0 fully saturated rings. The van der Waals surface area contributed by atoms with Crippen molar-refractivity contribution in [3.8, 4) is 5.75 Å². The number of nitrogens with one attached hydrogen (secondary N) is 1. The van der Waals surface area contributed by atoms with Gasteiger partial charge in [-0.15, -0.1) is 16.7 Å². The van der Waals surface area contributed by atoms with Gasteiger partial charge >= 0.3 is 0 Å². The van der Waals surface area contributed by atoms with Gasteiger partial charge in [-0.1, -0.05) is 0 Å². The largest absolute Gasteiger partial charge is 0.494 e. The molecule has 4 nitrogen and oxygen atoms in total. The topological polar surface area (TPSA) is 47.0 Å². The van der Waals surface area contributed by atoms with Crippen molar-refractivity contribution in [2.75, 3.05) is 11.9 Å². The van der Waals surface area contributed by atoms with Gasteiger partial charge in [-0.2, -0.15) is 5.10 Å². The zero-order chi connectivity index (χ0) is 12.8. The molecule has 1 heterocycles. The molecule has 1 aromatic heterocycles. The number of hydrogen-bond donors (Lipinski definition) is 1. The Morgan fingerprint density at radius 3 is 2.89 bits per heavy atom. The van der Waals surface area contributed by atoms with Crippen molar-refractivity contribution < 1.29 is 4.74 Å². The summed E-state index contributed by atoms with van der Waals surface area (Å²) >= 11 is 5.91. The summed E-state index contributed by atoms with van der Waals surface area (Å²) in [5.41, 5.74) is 1.86. The van der Waals surface area contributed by atoms with Crippen molar-refractivity contribution in [1.29, 1.82) is 0 Å². The van der Waals surface area contributed by atoms with Crippen molar-refractivity contribution in [3.63, 3.8) is 0 Å². The van der Waals surface area contributed by atoms with E-state index in [2.05, 4.69) is 15.5 Å². The predicted molar refractivity (Wildman–Crippen MR) is 72.5 cm³/mol. The molecule has 0 saturated heterocycles. The number of halogens is 1. The van der Waals surface area contributed by atoms with Crippen LogP contribution in [0.5, 0.6) is 5.75 Å². The molecule has 18 heavy (non-hydrogen) atoms. The molecule has 94 valence electrons. The third-order valence-electron chi connectivity index (χ3n) is 2.35. The maximum atomic E-state index is 5.91. The van der Waals surface area contributed by atoms with Crippen molar-refractivity contribution in [1.82, 2.24) is 10.2 Å². The lowest BCUT2D eigenvalue weighted by molar-refractivity contribution is 0.337. The molecule has 0 saturated carbocycles. The zero-order valence-corrected chi connectivity index (χ0v) is 10.8. The first-order valence-corrected chi connectivity index (χ1v) is 6.23. The van der Waals surface area contributed by atoms with Crippen LogP contribution < -0.4 is 10.1 Å². The minimum atomic E-state index is 0.408. The summed E-state index contributed by atoms with van der Waals surface area (Å²) in [5, 5.41) is 10.9. The highest BCUT2D eigenvalue weighted by atomic mass is 35.5. The van der Waals surface area contributed by atoms with E-state index in [1.54, 1.807) is 6.20 Å². The smallest absolute Gasteiger partial charge is 0.153 e. The van der Waals surface area contributed by atoms with Gasteiger partial charge in [0.1, 0.15) is 5.75 Å². The molecule has 0 radical (unpaired) electrons. The van der Waals surface area contributed by atoms with Crippen LogP contribution in [0.25, 0.3) is 0 Å². The van der Waals surface area contributed by atoms with Crippen LogP contribution >= 0.6 is 11.6 Å². The monoisotopic (exact) mass is 263 g/mol. The SMILES string of the molecule is CCOc1ccc(Nc2cccnn2)cc1CCl. The minimum Gasteiger partial charge on any atom is -0.494 e. The van der Waals surface area contributed by atoms with E-state index in [1.807, 2.05) is 37.3 Å². The molecule has 0 aliphatic heterocycles. The second kappa shape index (κ2) is 6.21. The lowest BCUT2D eigenvalue weighted by atomic mass is 10.2. The molecule has 1 aromatic carbocycles. The summed E-state index contributed by atoms with van der Waals surface area (Å²) in [6, 6.07) is 9.46. The fourth-order valence-electron chi connectivity index (χ4n) is 1.57. The van der Waals surface area contributed by atoms with E-state index in [9.17, 15) is 0 Å². The predicted octanol–water partition coefficient (Wildman–Crippen LogP) is 3.36. The summed E-state index contributed by atoms with van der Waals surface area (Å²) in [7, 11) is 0. The zero-order valence-electron chi connectivity index (χ0n) is 10.1. The number of aromatic nitrogens is 2. The summed E-state index contributed by atoms with van der Waals surface area (Å²) < 4.78 is 5.49. The first-order valence-electron chi connectivity index (χ1n) is 5.70. The van der Waals surface area contributed by atoms with Gasteiger partial charge in [0, 0.05) is 17.4 Å². The average molecular weight is 264 g/mol. The molecule has 5 heteroatoms. The lowest BCUT2D eigenvalue weighted by Crippen LogP contribution is -1.98. The van der Waals surface area contributed by atoms with E-state index in [1.165, 1.54) is 0 Å². The van der Waals surface area contributed by atoms with Crippen LogP contribution in [0.4, 0.5) is 11.5 Å². The van der Waals surface area contributed by atoms with Gasteiger partial charge in [0.2, 0.25) is 0 Å². The van der Waals surface area contributed by atoms with Crippen LogP contribution in [0, 0.1) is 0 Å². The number of ether oxygens (including phenoxy) is 1. The van der Waals surface area contributed by atoms with Crippen LogP contribution in [-0.4, -0.2) is 16.8 Å². The van der Waals surface area contributed by atoms with E-state index in [0.29, 0.717) is 18.3 Å². The third-order valence-corrected chi connectivity index (χ3v) is 2.64. The molecule has 0 bridgehead atoms. The Hall–Kier alpha value is -1.81. The molecule has 0 aliphatic carbocycles. The highest BCUT2D eigenvalue weighted by Crippen LogP contribution is 2.25. The normalized spacial score (nSPS) is 10.1. The Bertz CT molecular complexity index is 505. The maximum absolute atomic E-state index is 5.91. The summed E-state index contributed by atoms with van der Waals surface area (Å²) in [5.74, 6) is 1.92. The van der Waals surface area contributed by atoms with Crippen molar-refractivity contribution in [3.05, 3.63) is 42.1 Å². The Morgan fingerprint density at radius 2 is 2.22 bits per heavy atom. The number of hydrogen-bond acceptors (Lipinski definition) is 4. The van der Waals surface area contributed by atoms with Gasteiger partial charge in [0.25, 0.3) is 0 Å². The Morgan fingerprint density at radius 1 is 1.33 bits per heavy atom. The van der Waals surface area contributed by atoms with Gasteiger partial charge in [0.15, 0.2) is 5.82 Å². The minimum absolute atomic E-state index is 0.408. The van der Waals surface area contributed by atoms with Gasteiger partial charge in [0.05, 0.1) is 12.5 Å². The molecule has 1 N–H and O–H groups in total. The van der Waals surface area contributed by atoms with Crippen molar-refractivity contribution in [2.24, 2.45) is 0 Å². The quantitative estimate of drug-likeness (QED) is 0.841. The maximum Gasteiger partial charge on any atom is 0.153 e.